The first-order chi connectivity index (χ1) is 8.63. The maximum Gasteiger partial charge on any atom is 0.303 e. The fourth-order valence-corrected chi connectivity index (χ4v) is 1.78. The molecule has 1 aromatic carbocycles. The Balaban J connectivity index is 2.46. The third kappa shape index (κ3) is 5.13. The number of carboxylic acids is 1. The Bertz CT molecular complexity index is 393. The molecule has 98 valence electrons. The van der Waals surface area contributed by atoms with Gasteiger partial charge in [0.05, 0.1) is 0 Å². The molecule has 0 amide bonds. The highest BCUT2D eigenvalue weighted by Gasteiger charge is 2.07. The Kier molecular flexibility index (Phi) is 6.12. The predicted molar refractivity (Wildman–Crippen MR) is 70.9 cm³/mol. The summed E-state index contributed by atoms with van der Waals surface area (Å²) >= 11 is 0. The minimum atomic E-state index is -0.849. The largest absolute Gasteiger partial charge is 0.481 e. The van der Waals surface area contributed by atoms with E-state index in [1.807, 2.05) is 24.3 Å². The third-order valence-electron chi connectivity index (χ3n) is 2.89. The first kappa shape index (κ1) is 14.4. The lowest BCUT2D eigenvalue weighted by Gasteiger charge is -2.03. The molecule has 0 aromatic heterocycles. The van der Waals surface area contributed by atoms with Crippen LogP contribution in [0.2, 0.25) is 0 Å². The quantitative estimate of drug-likeness (QED) is 0.717. The molecule has 0 aliphatic carbocycles. The van der Waals surface area contributed by atoms with Gasteiger partial charge in [-0.15, -0.1) is 0 Å². The maximum atomic E-state index is 11.8. The van der Waals surface area contributed by atoms with Gasteiger partial charge in [-0.3, -0.25) is 9.59 Å². The van der Waals surface area contributed by atoms with Crippen molar-refractivity contribution in [3.8, 4) is 0 Å². The number of benzene rings is 1. The average Bonchev–Trinajstić information content (AvgIpc) is 2.36. The molecule has 0 heterocycles. The molecule has 3 heteroatoms. The van der Waals surface area contributed by atoms with E-state index in [0.29, 0.717) is 18.4 Å². The van der Waals surface area contributed by atoms with E-state index in [1.165, 1.54) is 5.56 Å². The lowest BCUT2D eigenvalue weighted by Crippen LogP contribution is -2.02. The van der Waals surface area contributed by atoms with Crippen molar-refractivity contribution in [2.45, 2.75) is 45.4 Å². The summed E-state index contributed by atoms with van der Waals surface area (Å²) in [5.41, 5.74) is 1.93. The number of rotatable bonds is 8. The number of Topliss-reactive ketones (excluding diaryl/α,β-unsaturated/α-hetero) is 1. The van der Waals surface area contributed by atoms with Crippen LogP contribution in [0.4, 0.5) is 0 Å². The van der Waals surface area contributed by atoms with Crippen molar-refractivity contribution in [3.63, 3.8) is 0 Å². The second-order valence-electron chi connectivity index (χ2n) is 4.47. The smallest absolute Gasteiger partial charge is 0.303 e. The van der Waals surface area contributed by atoms with Gasteiger partial charge in [-0.25, -0.2) is 0 Å². The summed E-state index contributed by atoms with van der Waals surface area (Å²) in [5, 5.41) is 8.50. The second-order valence-corrected chi connectivity index (χ2v) is 4.47. The van der Waals surface area contributed by atoms with Crippen LogP contribution in [0.5, 0.6) is 0 Å². The van der Waals surface area contributed by atoms with Gasteiger partial charge in [-0.1, -0.05) is 37.6 Å². The zero-order valence-corrected chi connectivity index (χ0v) is 10.8. The van der Waals surface area contributed by atoms with Gasteiger partial charge in [0.1, 0.15) is 0 Å². The molecule has 1 N–H and O–H groups in total. The van der Waals surface area contributed by atoms with E-state index in [0.717, 1.165) is 19.3 Å². The molecule has 0 fully saturated rings. The summed E-state index contributed by atoms with van der Waals surface area (Å²) in [6.07, 6.45) is 4.14. The Morgan fingerprint density at radius 3 is 2.28 bits per heavy atom. The minimum Gasteiger partial charge on any atom is -0.481 e. The van der Waals surface area contributed by atoms with Gasteiger partial charge in [0.2, 0.25) is 0 Å². The first-order valence-corrected chi connectivity index (χ1v) is 6.47. The summed E-state index contributed by atoms with van der Waals surface area (Å²) in [5.74, 6) is -0.823. The Hall–Kier alpha value is -1.64. The van der Waals surface area contributed by atoms with Gasteiger partial charge in [-0.05, 0) is 24.8 Å². The monoisotopic (exact) mass is 248 g/mol. The van der Waals surface area contributed by atoms with Gasteiger partial charge < -0.3 is 5.11 Å². The topological polar surface area (TPSA) is 54.4 Å². The molecule has 0 aliphatic heterocycles. The van der Waals surface area contributed by atoms with Gasteiger partial charge in [0.25, 0.3) is 0 Å². The van der Waals surface area contributed by atoms with Crippen LogP contribution in [-0.4, -0.2) is 16.9 Å². The molecule has 0 saturated carbocycles. The SMILES string of the molecule is CCCCc1ccc(C(=O)CCCC(=O)O)cc1. The minimum absolute atomic E-state index is 0.0262. The highest BCUT2D eigenvalue weighted by Crippen LogP contribution is 2.11. The molecule has 1 aromatic rings. The van der Waals surface area contributed by atoms with E-state index in [1.54, 1.807) is 0 Å². The number of carboxylic acid groups (broad SMARTS) is 1. The van der Waals surface area contributed by atoms with E-state index in [2.05, 4.69) is 6.92 Å². The molecule has 0 bridgehead atoms. The van der Waals surface area contributed by atoms with Crippen LogP contribution in [-0.2, 0) is 11.2 Å². The number of aliphatic carboxylic acids is 1. The zero-order chi connectivity index (χ0) is 13.4. The van der Waals surface area contributed by atoms with E-state index in [4.69, 9.17) is 5.11 Å². The van der Waals surface area contributed by atoms with E-state index < -0.39 is 5.97 Å². The lowest BCUT2D eigenvalue weighted by molar-refractivity contribution is -0.137. The second kappa shape index (κ2) is 7.64. The van der Waals surface area contributed by atoms with Gasteiger partial charge >= 0.3 is 5.97 Å². The molecular weight excluding hydrogens is 228 g/mol. The average molecular weight is 248 g/mol. The summed E-state index contributed by atoms with van der Waals surface area (Å²) < 4.78 is 0. The van der Waals surface area contributed by atoms with Crippen molar-refractivity contribution < 1.29 is 14.7 Å². The molecule has 3 nitrogen and oxygen atoms in total. The molecule has 0 unspecified atom stereocenters. The first-order valence-electron chi connectivity index (χ1n) is 6.47. The fourth-order valence-electron chi connectivity index (χ4n) is 1.78. The number of ketones is 1. The molecule has 0 radical (unpaired) electrons. The predicted octanol–water partition coefficient (Wildman–Crippen LogP) is 3.47. The number of unbranched alkanes of at least 4 members (excludes halogenated alkanes) is 1. The van der Waals surface area contributed by atoms with Crippen molar-refractivity contribution in [2.75, 3.05) is 0 Å². The Labute approximate surface area is 108 Å². The molecule has 0 saturated heterocycles. The summed E-state index contributed by atoms with van der Waals surface area (Å²) in [7, 11) is 0. The number of carbonyl (C=O) groups is 2. The number of hydrogen-bond donors (Lipinski definition) is 1. The van der Waals surface area contributed by atoms with Crippen molar-refractivity contribution >= 4 is 11.8 Å². The standard InChI is InChI=1S/C15H20O3/c1-2-3-5-12-8-10-13(11-9-12)14(16)6-4-7-15(17)18/h8-11H,2-7H2,1H3,(H,17,18). The van der Waals surface area contributed by atoms with Crippen LogP contribution in [0.1, 0.15) is 54.9 Å². The van der Waals surface area contributed by atoms with Crippen LogP contribution in [0, 0.1) is 0 Å². The van der Waals surface area contributed by atoms with Crippen LogP contribution < -0.4 is 0 Å². The van der Waals surface area contributed by atoms with Crippen LogP contribution >= 0.6 is 0 Å². The van der Waals surface area contributed by atoms with Crippen LogP contribution in [0.3, 0.4) is 0 Å². The normalized spacial score (nSPS) is 10.3. The highest BCUT2D eigenvalue weighted by atomic mass is 16.4. The number of hydrogen-bond acceptors (Lipinski definition) is 2. The van der Waals surface area contributed by atoms with Crippen molar-refractivity contribution in [1.82, 2.24) is 0 Å². The van der Waals surface area contributed by atoms with Gasteiger partial charge in [0, 0.05) is 18.4 Å². The highest BCUT2D eigenvalue weighted by molar-refractivity contribution is 5.96. The fraction of sp³-hybridized carbons (Fsp3) is 0.467. The zero-order valence-electron chi connectivity index (χ0n) is 10.8. The number of carbonyl (C=O) groups excluding carboxylic acids is 1. The Morgan fingerprint density at radius 1 is 1.06 bits per heavy atom. The summed E-state index contributed by atoms with van der Waals surface area (Å²) in [6.45, 7) is 2.15. The van der Waals surface area contributed by atoms with E-state index >= 15 is 0 Å². The molecule has 18 heavy (non-hydrogen) atoms. The lowest BCUT2D eigenvalue weighted by atomic mass is 10.0. The van der Waals surface area contributed by atoms with Crippen molar-refractivity contribution in [3.05, 3.63) is 35.4 Å². The summed E-state index contributed by atoms with van der Waals surface area (Å²) in [4.78, 5) is 22.1. The molecule has 0 aliphatic rings. The third-order valence-corrected chi connectivity index (χ3v) is 2.89. The van der Waals surface area contributed by atoms with Crippen LogP contribution in [0.15, 0.2) is 24.3 Å². The summed E-state index contributed by atoms with van der Waals surface area (Å²) in [6, 6.07) is 7.66. The molecule has 0 atom stereocenters. The van der Waals surface area contributed by atoms with E-state index in [-0.39, 0.29) is 12.2 Å². The van der Waals surface area contributed by atoms with Crippen molar-refractivity contribution in [1.29, 1.82) is 0 Å². The van der Waals surface area contributed by atoms with E-state index in [9.17, 15) is 9.59 Å². The van der Waals surface area contributed by atoms with Crippen LogP contribution in [0.25, 0.3) is 0 Å². The molecular formula is C15H20O3. The number of aryl methyl sites for hydroxylation is 1. The Morgan fingerprint density at radius 2 is 1.72 bits per heavy atom. The van der Waals surface area contributed by atoms with Gasteiger partial charge in [-0.2, -0.15) is 0 Å². The molecule has 1 rings (SSSR count). The van der Waals surface area contributed by atoms with Crippen molar-refractivity contribution in [2.24, 2.45) is 0 Å². The maximum absolute atomic E-state index is 11.8. The molecule has 0 spiro atoms. The van der Waals surface area contributed by atoms with Gasteiger partial charge in [0.15, 0.2) is 5.78 Å².